The quantitative estimate of drug-likeness (QED) is 0.847. The zero-order valence-corrected chi connectivity index (χ0v) is 13.6. The molecule has 0 bridgehead atoms. The number of nitriles is 1. The molecule has 0 N–H and O–H groups in total. The summed E-state index contributed by atoms with van der Waals surface area (Å²) >= 11 is 0. The average Bonchev–Trinajstić information content (AvgIpc) is 2.55. The second kappa shape index (κ2) is 6.80. The molecule has 1 aliphatic rings. The Morgan fingerprint density at radius 3 is 2.36 bits per heavy atom. The van der Waals surface area contributed by atoms with Crippen LogP contribution in [-0.2, 0) is 4.79 Å². The molecule has 1 aromatic carbocycles. The zero-order chi connectivity index (χ0) is 16.2. The van der Waals surface area contributed by atoms with E-state index in [1.165, 1.54) is 10.6 Å². The highest BCUT2D eigenvalue weighted by atomic mass is 16.2. The molecule has 1 aromatic rings. The van der Waals surface area contributed by atoms with E-state index in [0.717, 1.165) is 26.2 Å². The molecule has 1 amide bonds. The molecule has 5 heteroatoms. The minimum atomic E-state index is -0.761. The van der Waals surface area contributed by atoms with Crippen LogP contribution < -0.4 is 4.90 Å². The topological polar surface area (TPSA) is 50.6 Å². The molecule has 118 valence electrons. The van der Waals surface area contributed by atoms with Gasteiger partial charge in [-0.1, -0.05) is 18.2 Å². The molecule has 1 aliphatic heterocycles. The minimum Gasteiger partial charge on any atom is -0.369 e. The Labute approximate surface area is 132 Å². The summed E-state index contributed by atoms with van der Waals surface area (Å²) in [5, 5.41) is 9.12. The number of anilines is 1. The number of likely N-dealkylation sites (N-methyl/N-ethyl adjacent to an activating group) is 1. The van der Waals surface area contributed by atoms with Crippen LogP contribution in [0, 0.1) is 11.3 Å². The van der Waals surface area contributed by atoms with E-state index in [-0.39, 0.29) is 5.91 Å². The monoisotopic (exact) mass is 300 g/mol. The summed E-state index contributed by atoms with van der Waals surface area (Å²) in [5.74, 6) is -0.000267. The third-order valence-electron chi connectivity index (χ3n) is 4.34. The van der Waals surface area contributed by atoms with E-state index in [4.69, 9.17) is 5.26 Å². The number of benzene rings is 1. The number of carbonyl (C=O) groups is 1. The Balaban J connectivity index is 1.85. The Morgan fingerprint density at radius 2 is 1.82 bits per heavy atom. The summed E-state index contributed by atoms with van der Waals surface area (Å²) in [4.78, 5) is 18.3. The lowest BCUT2D eigenvalue weighted by molar-refractivity contribution is -0.134. The molecule has 0 saturated carbocycles. The minimum absolute atomic E-state index is 0.000267. The van der Waals surface area contributed by atoms with Gasteiger partial charge in [0.25, 0.3) is 0 Å². The van der Waals surface area contributed by atoms with Crippen LogP contribution in [0.5, 0.6) is 0 Å². The molecule has 0 spiro atoms. The number of amides is 1. The van der Waals surface area contributed by atoms with Gasteiger partial charge < -0.3 is 9.80 Å². The third-order valence-corrected chi connectivity index (χ3v) is 4.34. The van der Waals surface area contributed by atoms with E-state index in [0.29, 0.717) is 6.54 Å². The van der Waals surface area contributed by atoms with Gasteiger partial charge in [0.2, 0.25) is 5.91 Å². The Morgan fingerprint density at radius 1 is 1.23 bits per heavy atom. The van der Waals surface area contributed by atoms with Crippen molar-refractivity contribution in [2.75, 3.05) is 44.7 Å². The highest BCUT2D eigenvalue weighted by molar-refractivity contribution is 5.79. The molecule has 22 heavy (non-hydrogen) atoms. The first-order chi connectivity index (χ1) is 10.4. The SMILES string of the molecule is CN(C(=O)CN1CCN(c2ccccc2)CC1)C(C)(C)C#N. The van der Waals surface area contributed by atoms with Crippen LogP contribution in [0.3, 0.4) is 0 Å². The number of para-hydroxylation sites is 1. The molecule has 0 atom stereocenters. The van der Waals surface area contributed by atoms with E-state index in [2.05, 4.69) is 28.0 Å². The number of piperazine rings is 1. The van der Waals surface area contributed by atoms with E-state index in [1.807, 2.05) is 18.2 Å². The summed E-state index contributed by atoms with van der Waals surface area (Å²) in [5.41, 5.74) is 0.472. The number of carbonyl (C=O) groups excluding carboxylic acids is 1. The number of hydrogen-bond donors (Lipinski definition) is 0. The summed E-state index contributed by atoms with van der Waals surface area (Å²) in [6.45, 7) is 7.47. The summed E-state index contributed by atoms with van der Waals surface area (Å²) in [6, 6.07) is 12.5. The standard InChI is InChI=1S/C17H24N4O/c1-17(2,14-18)19(3)16(22)13-20-9-11-21(12-10-20)15-7-5-4-6-8-15/h4-8H,9-13H2,1-3H3. The van der Waals surface area contributed by atoms with Gasteiger partial charge in [-0.15, -0.1) is 0 Å². The highest BCUT2D eigenvalue weighted by Gasteiger charge is 2.29. The first-order valence-corrected chi connectivity index (χ1v) is 7.64. The molecule has 0 unspecified atom stereocenters. The van der Waals surface area contributed by atoms with Crippen LogP contribution in [0.1, 0.15) is 13.8 Å². The van der Waals surface area contributed by atoms with E-state index < -0.39 is 5.54 Å². The third kappa shape index (κ3) is 3.77. The molecule has 0 aliphatic carbocycles. The molecule has 2 rings (SSSR count). The van der Waals surface area contributed by atoms with Crippen molar-refractivity contribution < 1.29 is 4.79 Å². The summed E-state index contributed by atoms with van der Waals surface area (Å²) in [6.07, 6.45) is 0. The van der Waals surface area contributed by atoms with Crippen molar-refractivity contribution >= 4 is 11.6 Å². The lowest BCUT2D eigenvalue weighted by Gasteiger charge is -2.37. The maximum Gasteiger partial charge on any atom is 0.237 e. The lowest BCUT2D eigenvalue weighted by Crippen LogP contribution is -2.52. The predicted molar refractivity (Wildman–Crippen MR) is 87.6 cm³/mol. The van der Waals surface area contributed by atoms with Gasteiger partial charge >= 0.3 is 0 Å². The number of nitrogens with zero attached hydrogens (tertiary/aromatic N) is 4. The molecular weight excluding hydrogens is 276 g/mol. The average molecular weight is 300 g/mol. The van der Waals surface area contributed by atoms with Crippen molar-refractivity contribution in [3.05, 3.63) is 30.3 Å². The smallest absolute Gasteiger partial charge is 0.237 e. The fraction of sp³-hybridized carbons (Fsp3) is 0.529. The van der Waals surface area contributed by atoms with Crippen LogP contribution in [0.15, 0.2) is 30.3 Å². The summed E-state index contributed by atoms with van der Waals surface area (Å²) < 4.78 is 0. The molecule has 0 aromatic heterocycles. The second-order valence-electron chi connectivity index (χ2n) is 6.22. The largest absolute Gasteiger partial charge is 0.369 e. The predicted octanol–water partition coefficient (Wildman–Crippen LogP) is 1.57. The maximum absolute atomic E-state index is 12.3. The van der Waals surface area contributed by atoms with Gasteiger partial charge in [-0.3, -0.25) is 9.69 Å². The first kappa shape index (κ1) is 16.3. The van der Waals surface area contributed by atoms with Gasteiger partial charge in [0, 0.05) is 38.9 Å². The Kier molecular flexibility index (Phi) is 5.04. The normalized spacial score (nSPS) is 16.2. The van der Waals surface area contributed by atoms with Crippen LogP contribution in [0.25, 0.3) is 0 Å². The van der Waals surface area contributed by atoms with Crippen LogP contribution in [0.4, 0.5) is 5.69 Å². The van der Waals surface area contributed by atoms with Gasteiger partial charge in [0.05, 0.1) is 12.6 Å². The van der Waals surface area contributed by atoms with Crippen molar-refractivity contribution in [1.82, 2.24) is 9.80 Å². The van der Waals surface area contributed by atoms with Crippen molar-refractivity contribution in [2.45, 2.75) is 19.4 Å². The molecule has 1 saturated heterocycles. The fourth-order valence-electron chi connectivity index (χ4n) is 2.49. The van der Waals surface area contributed by atoms with Gasteiger partial charge in [0.1, 0.15) is 5.54 Å². The van der Waals surface area contributed by atoms with Crippen molar-refractivity contribution in [3.63, 3.8) is 0 Å². The number of rotatable bonds is 4. The van der Waals surface area contributed by atoms with Crippen LogP contribution in [0.2, 0.25) is 0 Å². The van der Waals surface area contributed by atoms with Gasteiger partial charge in [0.15, 0.2) is 0 Å². The number of hydrogen-bond acceptors (Lipinski definition) is 4. The molecule has 1 heterocycles. The zero-order valence-electron chi connectivity index (χ0n) is 13.6. The molecule has 5 nitrogen and oxygen atoms in total. The maximum atomic E-state index is 12.3. The van der Waals surface area contributed by atoms with Crippen molar-refractivity contribution in [1.29, 1.82) is 5.26 Å². The fourth-order valence-corrected chi connectivity index (χ4v) is 2.49. The van der Waals surface area contributed by atoms with E-state index in [1.54, 1.807) is 20.9 Å². The molecular formula is C17H24N4O. The van der Waals surface area contributed by atoms with Gasteiger partial charge in [-0.05, 0) is 26.0 Å². The second-order valence-corrected chi connectivity index (χ2v) is 6.22. The molecule has 1 fully saturated rings. The highest BCUT2D eigenvalue weighted by Crippen LogP contribution is 2.16. The van der Waals surface area contributed by atoms with E-state index in [9.17, 15) is 4.79 Å². The van der Waals surface area contributed by atoms with E-state index >= 15 is 0 Å². The van der Waals surface area contributed by atoms with Crippen LogP contribution in [-0.4, -0.2) is 61.0 Å². The Hall–Kier alpha value is -2.06. The van der Waals surface area contributed by atoms with Crippen molar-refractivity contribution in [2.24, 2.45) is 0 Å². The first-order valence-electron chi connectivity index (χ1n) is 7.64. The van der Waals surface area contributed by atoms with Crippen molar-refractivity contribution in [3.8, 4) is 6.07 Å². The Bertz CT molecular complexity index is 542. The van der Waals surface area contributed by atoms with Gasteiger partial charge in [-0.2, -0.15) is 5.26 Å². The summed E-state index contributed by atoms with van der Waals surface area (Å²) in [7, 11) is 1.70. The molecule has 0 radical (unpaired) electrons. The van der Waals surface area contributed by atoms with Gasteiger partial charge in [-0.25, -0.2) is 0 Å². The lowest BCUT2D eigenvalue weighted by atomic mass is 10.1. The van der Waals surface area contributed by atoms with Crippen LogP contribution >= 0.6 is 0 Å².